The number of amides is 1. The van der Waals surface area contributed by atoms with Crippen LogP contribution >= 0.6 is 11.6 Å². The van der Waals surface area contributed by atoms with Crippen molar-refractivity contribution in [2.75, 3.05) is 13.6 Å². The molecule has 2 aromatic carbocycles. The normalized spacial score (nSPS) is 12.0. The minimum Gasteiger partial charge on any atom is -0.333 e. The highest BCUT2D eigenvalue weighted by atomic mass is 35.5. The average molecular weight is 307 g/mol. The average Bonchev–Trinajstić information content (AvgIpc) is 2.49. The van der Waals surface area contributed by atoms with Crippen LogP contribution in [-0.4, -0.2) is 24.4 Å². The summed E-state index contributed by atoms with van der Waals surface area (Å²) in [5.41, 5.74) is 6.99. The Hall–Kier alpha value is -1.91. The Morgan fingerprint density at radius 1 is 1.29 bits per heavy atom. The first-order valence-corrected chi connectivity index (χ1v) is 6.88. The van der Waals surface area contributed by atoms with E-state index in [1.807, 2.05) is 30.3 Å². The molecule has 1 atom stereocenters. The molecule has 2 aromatic rings. The van der Waals surface area contributed by atoms with Gasteiger partial charge >= 0.3 is 0 Å². The van der Waals surface area contributed by atoms with Crippen molar-refractivity contribution in [1.29, 1.82) is 0 Å². The molecule has 1 amide bonds. The van der Waals surface area contributed by atoms with E-state index in [1.54, 1.807) is 13.1 Å². The predicted octanol–water partition coefficient (Wildman–Crippen LogP) is 2.99. The lowest BCUT2D eigenvalue weighted by molar-refractivity contribution is -0.129. The third-order valence-electron chi connectivity index (χ3n) is 3.33. The molecule has 2 rings (SSSR count). The maximum absolute atomic E-state index is 13.3. The molecule has 0 fully saturated rings. The highest BCUT2D eigenvalue weighted by molar-refractivity contribution is 6.31. The summed E-state index contributed by atoms with van der Waals surface area (Å²) in [6.45, 7) is -0.0986. The van der Waals surface area contributed by atoms with E-state index in [9.17, 15) is 9.18 Å². The summed E-state index contributed by atoms with van der Waals surface area (Å²) in [7, 11) is 1.66. The molecule has 0 aliphatic rings. The topological polar surface area (TPSA) is 46.3 Å². The van der Waals surface area contributed by atoms with Gasteiger partial charge in [-0.3, -0.25) is 4.79 Å². The van der Waals surface area contributed by atoms with E-state index in [0.29, 0.717) is 5.56 Å². The van der Waals surface area contributed by atoms with Gasteiger partial charge < -0.3 is 10.6 Å². The molecule has 3 nitrogen and oxygen atoms in total. The van der Waals surface area contributed by atoms with Crippen LogP contribution in [0.5, 0.6) is 0 Å². The van der Waals surface area contributed by atoms with Crippen molar-refractivity contribution in [3.8, 4) is 0 Å². The van der Waals surface area contributed by atoms with Gasteiger partial charge in [0.05, 0.1) is 12.6 Å². The Labute approximate surface area is 128 Å². The van der Waals surface area contributed by atoms with Crippen molar-refractivity contribution in [1.82, 2.24) is 4.90 Å². The van der Waals surface area contributed by atoms with E-state index < -0.39 is 11.9 Å². The standard InChI is InChI=1S/C16H16ClFN2O/c1-20(15(21)10-19)16(11-5-3-2-4-6-11)13-8-7-12(18)9-14(13)17/h2-9,16H,10,19H2,1H3/t16-/m0/s1. The second-order valence-corrected chi connectivity index (χ2v) is 5.10. The van der Waals surface area contributed by atoms with Crippen LogP contribution in [0.3, 0.4) is 0 Å². The molecule has 0 spiro atoms. The first-order chi connectivity index (χ1) is 10.0. The van der Waals surface area contributed by atoms with Crippen LogP contribution in [0.2, 0.25) is 5.02 Å². The third-order valence-corrected chi connectivity index (χ3v) is 3.66. The predicted molar refractivity (Wildman–Crippen MR) is 81.5 cm³/mol. The molecule has 0 aromatic heterocycles. The number of nitrogens with zero attached hydrogens (tertiary/aromatic N) is 1. The quantitative estimate of drug-likeness (QED) is 0.944. The molecular formula is C16H16ClFN2O. The minimum absolute atomic E-state index is 0.0986. The van der Waals surface area contributed by atoms with Crippen LogP contribution in [0.15, 0.2) is 48.5 Å². The summed E-state index contributed by atoms with van der Waals surface area (Å²) in [6, 6.07) is 13.2. The number of likely N-dealkylation sites (N-methyl/N-ethyl adjacent to an activating group) is 1. The van der Waals surface area contributed by atoms with Crippen LogP contribution in [-0.2, 0) is 4.79 Å². The summed E-state index contributed by atoms with van der Waals surface area (Å²) in [6.07, 6.45) is 0. The molecule has 0 bridgehead atoms. The summed E-state index contributed by atoms with van der Waals surface area (Å²) in [5.74, 6) is -0.632. The number of carbonyl (C=O) groups excluding carboxylic acids is 1. The van der Waals surface area contributed by atoms with E-state index >= 15 is 0 Å². The lowest BCUT2D eigenvalue weighted by atomic mass is 9.97. The van der Waals surface area contributed by atoms with Gasteiger partial charge in [-0.2, -0.15) is 0 Å². The van der Waals surface area contributed by atoms with E-state index in [-0.39, 0.29) is 17.5 Å². The summed E-state index contributed by atoms with van der Waals surface area (Å²) in [5, 5.41) is 0.278. The molecule has 110 valence electrons. The van der Waals surface area contributed by atoms with Gasteiger partial charge in [0.1, 0.15) is 5.82 Å². The van der Waals surface area contributed by atoms with E-state index in [2.05, 4.69) is 0 Å². The van der Waals surface area contributed by atoms with Crippen molar-refractivity contribution in [2.24, 2.45) is 5.73 Å². The van der Waals surface area contributed by atoms with Gasteiger partial charge in [-0.05, 0) is 23.3 Å². The van der Waals surface area contributed by atoms with Crippen LogP contribution in [0, 0.1) is 5.82 Å². The second-order valence-electron chi connectivity index (χ2n) is 4.69. The summed E-state index contributed by atoms with van der Waals surface area (Å²) < 4.78 is 13.3. The van der Waals surface area contributed by atoms with E-state index in [1.165, 1.54) is 17.0 Å². The lowest BCUT2D eigenvalue weighted by Crippen LogP contribution is -2.36. The number of hydrogen-bond acceptors (Lipinski definition) is 2. The Balaban J connectivity index is 2.53. The van der Waals surface area contributed by atoms with E-state index in [4.69, 9.17) is 17.3 Å². The monoisotopic (exact) mass is 306 g/mol. The van der Waals surface area contributed by atoms with Crippen molar-refractivity contribution in [3.63, 3.8) is 0 Å². The molecule has 0 unspecified atom stereocenters. The number of carbonyl (C=O) groups is 1. The highest BCUT2D eigenvalue weighted by Gasteiger charge is 2.24. The lowest BCUT2D eigenvalue weighted by Gasteiger charge is -2.29. The smallest absolute Gasteiger partial charge is 0.236 e. The van der Waals surface area contributed by atoms with Gasteiger partial charge in [-0.1, -0.05) is 48.0 Å². The molecular weight excluding hydrogens is 291 g/mol. The zero-order valence-corrected chi connectivity index (χ0v) is 12.3. The molecule has 0 aliphatic heterocycles. The second kappa shape index (κ2) is 6.70. The molecule has 0 radical (unpaired) electrons. The largest absolute Gasteiger partial charge is 0.333 e. The number of halogens is 2. The zero-order valence-electron chi connectivity index (χ0n) is 11.6. The van der Waals surface area contributed by atoms with Crippen molar-refractivity contribution in [2.45, 2.75) is 6.04 Å². The van der Waals surface area contributed by atoms with Gasteiger partial charge in [-0.15, -0.1) is 0 Å². The Morgan fingerprint density at radius 3 is 2.52 bits per heavy atom. The molecule has 0 saturated carbocycles. The third kappa shape index (κ3) is 3.40. The number of benzene rings is 2. The highest BCUT2D eigenvalue weighted by Crippen LogP contribution is 2.32. The van der Waals surface area contributed by atoms with Gasteiger partial charge in [0, 0.05) is 12.1 Å². The fourth-order valence-corrected chi connectivity index (χ4v) is 2.53. The Kier molecular flexibility index (Phi) is 4.94. The van der Waals surface area contributed by atoms with Crippen LogP contribution in [0.1, 0.15) is 17.2 Å². The Morgan fingerprint density at radius 2 is 1.95 bits per heavy atom. The molecule has 5 heteroatoms. The van der Waals surface area contributed by atoms with Crippen molar-refractivity contribution >= 4 is 17.5 Å². The van der Waals surface area contributed by atoms with Crippen LogP contribution in [0.4, 0.5) is 4.39 Å². The first-order valence-electron chi connectivity index (χ1n) is 6.50. The molecule has 2 N–H and O–H groups in total. The van der Waals surface area contributed by atoms with Gasteiger partial charge in [-0.25, -0.2) is 4.39 Å². The van der Waals surface area contributed by atoms with E-state index in [0.717, 1.165) is 5.56 Å². The maximum Gasteiger partial charge on any atom is 0.236 e. The van der Waals surface area contributed by atoms with Crippen molar-refractivity contribution in [3.05, 3.63) is 70.5 Å². The first kappa shape index (κ1) is 15.5. The van der Waals surface area contributed by atoms with Gasteiger partial charge in [0.15, 0.2) is 0 Å². The van der Waals surface area contributed by atoms with Gasteiger partial charge in [0.25, 0.3) is 0 Å². The molecule has 0 aliphatic carbocycles. The van der Waals surface area contributed by atoms with Crippen LogP contribution in [0.25, 0.3) is 0 Å². The fraction of sp³-hybridized carbons (Fsp3) is 0.188. The van der Waals surface area contributed by atoms with Crippen molar-refractivity contribution < 1.29 is 9.18 Å². The molecule has 0 heterocycles. The van der Waals surface area contributed by atoms with Gasteiger partial charge in [0.2, 0.25) is 5.91 Å². The Bertz CT molecular complexity index is 633. The number of rotatable bonds is 4. The molecule has 0 saturated heterocycles. The number of nitrogens with two attached hydrogens (primary N) is 1. The maximum atomic E-state index is 13.3. The van der Waals surface area contributed by atoms with Crippen LogP contribution < -0.4 is 5.73 Å². The SMILES string of the molecule is CN(C(=O)CN)[C@@H](c1ccccc1)c1ccc(F)cc1Cl. The minimum atomic E-state index is -0.414. The number of hydrogen-bond donors (Lipinski definition) is 1. The molecule has 21 heavy (non-hydrogen) atoms. The fourth-order valence-electron chi connectivity index (χ4n) is 2.26. The summed E-state index contributed by atoms with van der Waals surface area (Å²) >= 11 is 6.16. The zero-order chi connectivity index (χ0) is 15.4. The summed E-state index contributed by atoms with van der Waals surface area (Å²) in [4.78, 5) is 13.5.